The second-order valence-electron chi connectivity index (χ2n) is 9.77. The monoisotopic (exact) mass is 544 g/mol. The molecule has 11 heteroatoms. The first-order chi connectivity index (χ1) is 19.4. The van der Waals surface area contributed by atoms with E-state index in [1.54, 1.807) is 24.3 Å². The van der Waals surface area contributed by atoms with Gasteiger partial charge in [0.15, 0.2) is 5.82 Å². The Balaban J connectivity index is 1.36. The maximum absolute atomic E-state index is 15.5. The van der Waals surface area contributed by atoms with Crippen molar-refractivity contribution < 1.29 is 23.4 Å². The predicted octanol–water partition coefficient (Wildman–Crippen LogP) is 3.79. The smallest absolute Gasteiger partial charge is 0.274 e. The highest BCUT2D eigenvalue weighted by Crippen LogP contribution is 2.40. The number of halogens is 2. The largest absolute Gasteiger partial charge is 0.496 e. The number of aliphatic hydroxyl groups is 1. The average Bonchev–Trinajstić information content (AvgIpc) is 3.68. The predicted molar refractivity (Wildman–Crippen MR) is 145 cm³/mol. The van der Waals surface area contributed by atoms with Crippen LogP contribution in [0.1, 0.15) is 23.1 Å². The Morgan fingerprint density at radius 2 is 2.02 bits per heavy atom. The van der Waals surface area contributed by atoms with E-state index in [0.717, 1.165) is 0 Å². The molecule has 4 heterocycles. The minimum absolute atomic E-state index is 0.0116. The molecule has 0 spiro atoms. The zero-order valence-electron chi connectivity index (χ0n) is 21.7. The highest BCUT2D eigenvalue weighted by Gasteiger charge is 2.50. The molecule has 2 aliphatic heterocycles. The highest BCUT2D eigenvalue weighted by atomic mass is 19.1. The summed E-state index contributed by atoms with van der Waals surface area (Å²) in [6, 6.07) is 12.8. The lowest BCUT2D eigenvalue weighted by molar-refractivity contribution is 0.102. The van der Waals surface area contributed by atoms with Crippen molar-refractivity contribution in [2.45, 2.75) is 31.7 Å². The van der Waals surface area contributed by atoms with Crippen molar-refractivity contribution in [3.05, 3.63) is 83.9 Å². The van der Waals surface area contributed by atoms with Crippen molar-refractivity contribution in [1.82, 2.24) is 20.3 Å². The van der Waals surface area contributed by atoms with E-state index < -0.39 is 17.5 Å². The number of aliphatic hydroxyl groups excluding tert-OH is 1. The van der Waals surface area contributed by atoms with Crippen LogP contribution in [0.5, 0.6) is 5.75 Å². The van der Waals surface area contributed by atoms with E-state index in [4.69, 9.17) is 4.74 Å². The lowest BCUT2D eigenvalue weighted by Gasteiger charge is -2.29. The number of pyridine rings is 1. The Kier molecular flexibility index (Phi) is 6.60. The number of piperazine rings is 1. The van der Waals surface area contributed by atoms with Gasteiger partial charge in [-0.2, -0.15) is 0 Å². The van der Waals surface area contributed by atoms with Gasteiger partial charge in [0.25, 0.3) is 5.91 Å². The molecule has 6 rings (SSSR count). The molecule has 9 nitrogen and oxygen atoms in total. The second-order valence-corrected chi connectivity index (χ2v) is 9.77. The Bertz CT molecular complexity index is 1600. The fraction of sp³-hybridized carbons (Fsp3) is 0.241. The molecule has 0 radical (unpaired) electrons. The van der Waals surface area contributed by atoms with Crippen LogP contribution in [0, 0.1) is 11.6 Å². The van der Waals surface area contributed by atoms with Crippen molar-refractivity contribution in [3.8, 4) is 28.3 Å². The highest BCUT2D eigenvalue weighted by molar-refractivity contribution is 6.05. The number of aromatic nitrogens is 3. The van der Waals surface area contributed by atoms with Crippen molar-refractivity contribution in [2.75, 3.05) is 23.9 Å². The van der Waals surface area contributed by atoms with Crippen molar-refractivity contribution in [2.24, 2.45) is 0 Å². The van der Waals surface area contributed by atoms with Crippen LogP contribution in [0.15, 0.2) is 60.9 Å². The Morgan fingerprint density at radius 3 is 2.73 bits per heavy atom. The average molecular weight is 545 g/mol. The van der Waals surface area contributed by atoms with Crippen LogP contribution in [0.2, 0.25) is 0 Å². The number of nitrogens with one attached hydrogen (secondary N) is 2. The third-order valence-corrected chi connectivity index (χ3v) is 7.38. The normalized spacial score (nSPS) is 19.3. The van der Waals surface area contributed by atoms with Crippen LogP contribution in [-0.2, 0) is 6.61 Å². The van der Waals surface area contributed by atoms with Crippen LogP contribution in [0.25, 0.3) is 22.5 Å². The summed E-state index contributed by atoms with van der Waals surface area (Å²) < 4.78 is 35.4. The van der Waals surface area contributed by atoms with E-state index in [1.165, 1.54) is 43.8 Å². The number of nitrogens with zero attached hydrogens (tertiary/aromatic N) is 4. The zero-order valence-corrected chi connectivity index (χ0v) is 21.7. The van der Waals surface area contributed by atoms with Gasteiger partial charge >= 0.3 is 0 Å². The summed E-state index contributed by atoms with van der Waals surface area (Å²) in [5.74, 6) is -1.52. The van der Waals surface area contributed by atoms with Crippen molar-refractivity contribution >= 4 is 17.3 Å². The van der Waals surface area contributed by atoms with Gasteiger partial charge in [-0.1, -0.05) is 12.1 Å². The summed E-state index contributed by atoms with van der Waals surface area (Å²) in [5.41, 5.74) is 2.29. The first kappa shape index (κ1) is 25.8. The van der Waals surface area contributed by atoms with Gasteiger partial charge in [0.1, 0.15) is 23.1 Å². The lowest BCUT2D eigenvalue weighted by atomic mass is 10.0. The molecule has 2 aromatic carbocycles. The van der Waals surface area contributed by atoms with E-state index >= 15 is 4.39 Å². The zero-order chi connectivity index (χ0) is 28.0. The minimum atomic E-state index is -0.601. The molecule has 2 aliphatic rings. The number of rotatable bonds is 7. The van der Waals surface area contributed by atoms with Gasteiger partial charge in [-0.25, -0.2) is 18.7 Å². The number of ether oxygens (including phenoxy) is 1. The SMILES string of the molecule is COc1cccc(F)c1-c1nccc(C(=O)Nc2cc(F)c(-c3ccc(CO)nc3)cc2N2C[C@H]3NC3[C@@H]2C)n1. The maximum Gasteiger partial charge on any atom is 0.274 e. The molecular weight excluding hydrogens is 518 g/mol. The fourth-order valence-electron chi connectivity index (χ4n) is 5.20. The summed E-state index contributed by atoms with van der Waals surface area (Å²) in [4.78, 5) is 28.1. The van der Waals surface area contributed by atoms with Crippen molar-refractivity contribution in [1.29, 1.82) is 0 Å². The van der Waals surface area contributed by atoms with Crippen LogP contribution < -0.4 is 20.3 Å². The van der Waals surface area contributed by atoms with Crippen LogP contribution in [-0.4, -0.2) is 57.7 Å². The Labute approximate surface area is 228 Å². The topological polar surface area (TPSA) is 122 Å². The second kappa shape index (κ2) is 10.2. The van der Waals surface area contributed by atoms with E-state index in [0.29, 0.717) is 41.1 Å². The number of hydrogen-bond acceptors (Lipinski definition) is 8. The minimum Gasteiger partial charge on any atom is -0.496 e. The maximum atomic E-state index is 15.5. The van der Waals surface area contributed by atoms with Gasteiger partial charge in [-0.3, -0.25) is 9.78 Å². The number of methoxy groups -OCH3 is 1. The molecule has 0 bridgehead atoms. The summed E-state index contributed by atoms with van der Waals surface area (Å²) in [7, 11) is 1.41. The first-order valence-electron chi connectivity index (χ1n) is 12.8. The number of fused-ring (bicyclic) bond motifs is 1. The quantitative estimate of drug-likeness (QED) is 0.301. The van der Waals surface area contributed by atoms with E-state index in [2.05, 4.69) is 37.4 Å². The molecule has 40 heavy (non-hydrogen) atoms. The fourth-order valence-corrected chi connectivity index (χ4v) is 5.20. The van der Waals surface area contributed by atoms with E-state index in [9.17, 15) is 14.3 Å². The summed E-state index contributed by atoms with van der Waals surface area (Å²) in [5, 5.41) is 15.5. The standard InChI is InChI=1S/C29H26F2N6O3/c1-15-27-23(34-27)13-37(15)24-10-18(16-6-7-17(14-38)33-12-16)20(31)11-22(24)36-29(39)21-8-9-32-28(35-21)26-19(30)4-3-5-25(26)40-2/h3-12,15,23,27,34,38H,13-14H2,1-2H3,(H,36,39)/t15-,23+,27?/m0/s1. The molecular formula is C29H26F2N6O3. The number of anilines is 2. The van der Waals surface area contributed by atoms with Gasteiger partial charge < -0.3 is 25.4 Å². The van der Waals surface area contributed by atoms with E-state index in [1.807, 2.05) is 0 Å². The molecule has 0 saturated carbocycles. The van der Waals surface area contributed by atoms with Crippen LogP contribution in [0.3, 0.4) is 0 Å². The van der Waals surface area contributed by atoms with Gasteiger partial charge in [0, 0.05) is 54.3 Å². The summed E-state index contributed by atoms with van der Waals surface area (Å²) >= 11 is 0. The molecule has 3 N–H and O–H groups in total. The van der Waals surface area contributed by atoms with Crippen molar-refractivity contribution in [3.63, 3.8) is 0 Å². The molecule has 4 aromatic rings. The lowest BCUT2D eigenvalue weighted by Crippen LogP contribution is -2.36. The number of benzene rings is 2. The Hall–Kier alpha value is -4.48. The molecule has 1 amide bonds. The molecule has 0 aliphatic carbocycles. The Morgan fingerprint density at radius 1 is 1.18 bits per heavy atom. The number of carbonyl (C=O) groups is 1. The van der Waals surface area contributed by atoms with Gasteiger partial charge in [-0.15, -0.1) is 0 Å². The van der Waals surface area contributed by atoms with Gasteiger partial charge in [0.2, 0.25) is 0 Å². The van der Waals surface area contributed by atoms with Crippen LogP contribution in [0.4, 0.5) is 20.2 Å². The first-order valence-corrected chi connectivity index (χ1v) is 12.8. The van der Waals surface area contributed by atoms with Gasteiger partial charge in [-0.05, 0) is 37.3 Å². The molecule has 2 saturated heterocycles. The third-order valence-electron chi connectivity index (χ3n) is 7.38. The van der Waals surface area contributed by atoms with Gasteiger partial charge in [0.05, 0.1) is 36.3 Å². The molecule has 2 fully saturated rings. The molecule has 204 valence electrons. The number of hydrogen-bond donors (Lipinski definition) is 3. The van der Waals surface area contributed by atoms with Crippen LogP contribution >= 0.6 is 0 Å². The molecule has 3 atom stereocenters. The van der Waals surface area contributed by atoms with E-state index in [-0.39, 0.29) is 41.2 Å². The molecule has 2 aromatic heterocycles. The summed E-state index contributed by atoms with van der Waals surface area (Å²) in [6.45, 7) is 2.57. The number of amides is 1. The number of carbonyl (C=O) groups excluding carboxylic acids is 1. The summed E-state index contributed by atoms with van der Waals surface area (Å²) in [6.07, 6.45) is 2.87. The molecule has 1 unspecified atom stereocenters. The third kappa shape index (κ3) is 4.63.